The van der Waals surface area contributed by atoms with Crippen LogP contribution in [0.3, 0.4) is 0 Å². The van der Waals surface area contributed by atoms with Gasteiger partial charge in [0.05, 0.1) is 13.2 Å². The lowest BCUT2D eigenvalue weighted by Crippen LogP contribution is -2.44. The van der Waals surface area contributed by atoms with Crippen LogP contribution in [-0.2, 0) is 5.41 Å². The third-order valence-electron chi connectivity index (χ3n) is 3.12. The van der Waals surface area contributed by atoms with Gasteiger partial charge in [-0.2, -0.15) is 5.26 Å². The van der Waals surface area contributed by atoms with Crippen molar-refractivity contribution in [3.63, 3.8) is 0 Å². The molecule has 0 spiro atoms. The summed E-state index contributed by atoms with van der Waals surface area (Å²) in [5.41, 5.74) is 0.703. The first-order valence-corrected chi connectivity index (χ1v) is 6.11. The Balaban J connectivity index is 2.76. The molecule has 0 saturated carbocycles. The zero-order chi connectivity index (χ0) is 13.8. The summed E-state index contributed by atoms with van der Waals surface area (Å²) in [5, 5.41) is 12.3. The Kier molecular flexibility index (Phi) is 4.37. The SMILES string of the molecule is COc1ccc(C(C)(C)CNC(C)(C)C#N)cc1. The van der Waals surface area contributed by atoms with E-state index in [2.05, 4.69) is 37.4 Å². The molecule has 18 heavy (non-hydrogen) atoms. The molecular formula is C15H22N2O. The monoisotopic (exact) mass is 246 g/mol. The van der Waals surface area contributed by atoms with Gasteiger partial charge in [-0.1, -0.05) is 26.0 Å². The van der Waals surface area contributed by atoms with E-state index in [9.17, 15) is 0 Å². The average molecular weight is 246 g/mol. The minimum atomic E-state index is -0.496. The van der Waals surface area contributed by atoms with E-state index in [1.807, 2.05) is 26.0 Å². The van der Waals surface area contributed by atoms with E-state index >= 15 is 0 Å². The Hall–Kier alpha value is -1.53. The van der Waals surface area contributed by atoms with Crippen molar-refractivity contribution in [1.82, 2.24) is 5.32 Å². The first-order chi connectivity index (χ1) is 8.30. The van der Waals surface area contributed by atoms with Crippen LogP contribution in [0.1, 0.15) is 33.3 Å². The van der Waals surface area contributed by atoms with E-state index in [-0.39, 0.29) is 5.41 Å². The highest BCUT2D eigenvalue weighted by molar-refractivity contribution is 5.32. The highest BCUT2D eigenvalue weighted by Crippen LogP contribution is 2.25. The summed E-state index contributed by atoms with van der Waals surface area (Å²) in [4.78, 5) is 0. The second-order valence-corrected chi connectivity index (χ2v) is 5.70. The fourth-order valence-electron chi connectivity index (χ4n) is 1.63. The third kappa shape index (κ3) is 3.75. The van der Waals surface area contributed by atoms with E-state index in [1.165, 1.54) is 5.56 Å². The smallest absolute Gasteiger partial charge is 0.118 e. The van der Waals surface area contributed by atoms with Crippen molar-refractivity contribution in [2.24, 2.45) is 0 Å². The molecule has 0 radical (unpaired) electrons. The molecule has 0 saturated heterocycles. The van der Waals surface area contributed by atoms with E-state index < -0.39 is 5.54 Å². The highest BCUT2D eigenvalue weighted by Gasteiger charge is 2.24. The van der Waals surface area contributed by atoms with Crippen LogP contribution in [0.2, 0.25) is 0 Å². The average Bonchev–Trinajstić information content (AvgIpc) is 2.37. The van der Waals surface area contributed by atoms with Crippen molar-refractivity contribution >= 4 is 0 Å². The summed E-state index contributed by atoms with van der Waals surface area (Å²) in [6.45, 7) is 8.85. The van der Waals surface area contributed by atoms with Gasteiger partial charge in [0, 0.05) is 12.0 Å². The van der Waals surface area contributed by atoms with E-state index in [0.29, 0.717) is 0 Å². The van der Waals surface area contributed by atoms with Gasteiger partial charge in [0.1, 0.15) is 11.3 Å². The predicted octanol–water partition coefficient (Wildman–Crippen LogP) is 2.86. The molecule has 1 aromatic carbocycles. The van der Waals surface area contributed by atoms with Crippen molar-refractivity contribution in [2.75, 3.05) is 13.7 Å². The molecule has 3 nitrogen and oxygen atoms in total. The number of rotatable bonds is 5. The van der Waals surface area contributed by atoms with Crippen LogP contribution >= 0.6 is 0 Å². The Morgan fingerprint density at radius 1 is 1.17 bits per heavy atom. The number of ether oxygens (including phenoxy) is 1. The number of methoxy groups -OCH3 is 1. The molecule has 0 fully saturated rings. The highest BCUT2D eigenvalue weighted by atomic mass is 16.5. The van der Waals surface area contributed by atoms with Crippen LogP contribution in [0, 0.1) is 11.3 Å². The van der Waals surface area contributed by atoms with Gasteiger partial charge >= 0.3 is 0 Å². The molecule has 0 aliphatic rings. The first-order valence-electron chi connectivity index (χ1n) is 6.11. The fraction of sp³-hybridized carbons (Fsp3) is 0.533. The normalized spacial score (nSPS) is 12.0. The van der Waals surface area contributed by atoms with Gasteiger partial charge in [0.25, 0.3) is 0 Å². The van der Waals surface area contributed by atoms with Crippen LogP contribution < -0.4 is 10.1 Å². The Labute approximate surface area is 110 Å². The van der Waals surface area contributed by atoms with Crippen LogP contribution in [0.4, 0.5) is 0 Å². The fourth-order valence-corrected chi connectivity index (χ4v) is 1.63. The maximum absolute atomic E-state index is 9.00. The minimum Gasteiger partial charge on any atom is -0.497 e. The minimum absolute atomic E-state index is 0.0274. The number of hydrogen-bond acceptors (Lipinski definition) is 3. The van der Waals surface area contributed by atoms with E-state index in [1.54, 1.807) is 7.11 Å². The largest absolute Gasteiger partial charge is 0.497 e. The second-order valence-electron chi connectivity index (χ2n) is 5.70. The molecule has 0 heterocycles. The lowest BCUT2D eigenvalue weighted by atomic mass is 9.84. The van der Waals surface area contributed by atoms with E-state index in [4.69, 9.17) is 10.00 Å². The number of nitriles is 1. The molecule has 0 aliphatic heterocycles. The second kappa shape index (κ2) is 5.41. The molecule has 98 valence electrons. The number of nitrogens with zero attached hydrogens (tertiary/aromatic N) is 1. The van der Waals surface area contributed by atoms with Crippen LogP contribution in [-0.4, -0.2) is 19.2 Å². The molecular weight excluding hydrogens is 224 g/mol. The summed E-state index contributed by atoms with van der Waals surface area (Å²) in [7, 11) is 1.66. The molecule has 1 rings (SSSR count). The van der Waals surface area contributed by atoms with Gasteiger partial charge < -0.3 is 4.74 Å². The van der Waals surface area contributed by atoms with Crippen LogP contribution in [0.15, 0.2) is 24.3 Å². The first kappa shape index (κ1) is 14.5. The van der Waals surface area contributed by atoms with Gasteiger partial charge in [0.15, 0.2) is 0 Å². The summed E-state index contributed by atoms with van der Waals surface area (Å²) in [5.74, 6) is 0.861. The summed E-state index contributed by atoms with van der Waals surface area (Å²) in [6, 6.07) is 10.3. The Bertz CT molecular complexity index is 427. The van der Waals surface area contributed by atoms with Gasteiger partial charge in [-0.3, -0.25) is 5.32 Å². The number of nitrogens with one attached hydrogen (secondary N) is 1. The molecule has 1 N–H and O–H groups in total. The summed E-state index contributed by atoms with van der Waals surface area (Å²) >= 11 is 0. The van der Waals surface area contributed by atoms with Crippen LogP contribution in [0.5, 0.6) is 5.75 Å². The Morgan fingerprint density at radius 2 is 1.72 bits per heavy atom. The van der Waals surface area contributed by atoms with Crippen LogP contribution in [0.25, 0.3) is 0 Å². The van der Waals surface area contributed by atoms with Crippen molar-refractivity contribution in [2.45, 2.75) is 38.6 Å². The predicted molar refractivity (Wildman–Crippen MR) is 73.7 cm³/mol. The van der Waals surface area contributed by atoms with Crippen molar-refractivity contribution in [3.8, 4) is 11.8 Å². The molecule has 0 amide bonds. The molecule has 0 unspecified atom stereocenters. The Morgan fingerprint density at radius 3 is 2.17 bits per heavy atom. The third-order valence-corrected chi connectivity index (χ3v) is 3.12. The van der Waals surface area contributed by atoms with Gasteiger partial charge in [-0.25, -0.2) is 0 Å². The standard InChI is InChI=1S/C15H22N2O/c1-14(2,11-17-15(3,4)10-16)12-6-8-13(18-5)9-7-12/h6-9,17H,11H2,1-5H3. The lowest BCUT2D eigenvalue weighted by molar-refractivity contribution is 0.395. The quantitative estimate of drug-likeness (QED) is 0.869. The lowest BCUT2D eigenvalue weighted by Gasteiger charge is -2.29. The van der Waals surface area contributed by atoms with Crippen molar-refractivity contribution in [3.05, 3.63) is 29.8 Å². The molecule has 0 atom stereocenters. The van der Waals surface area contributed by atoms with Gasteiger partial charge in [0.2, 0.25) is 0 Å². The van der Waals surface area contributed by atoms with Crippen molar-refractivity contribution in [1.29, 1.82) is 5.26 Å². The van der Waals surface area contributed by atoms with Crippen molar-refractivity contribution < 1.29 is 4.74 Å². The summed E-state index contributed by atoms with van der Waals surface area (Å²) in [6.07, 6.45) is 0. The maximum atomic E-state index is 9.00. The molecule has 0 aromatic heterocycles. The molecule has 0 bridgehead atoms. The zero-order valence-corrected chi connectivity index (χ0v) is 11.9. The number of hydrogen-bond donors (Lipinski definition) is 1. The zero-order valence-electron chi connectivity index (χ0n) is 11.9. The molecule has 1 aromatic rings. The maximum Gasteiger partial charge on any atom is 0.118 e. The van der Waals surface area contributed by atoms with Gasteiger partial charge in [-0.15, -0.1) is 0 Å². The van der Waals surface area contributed by atoms with E-state index in [0.717, 1.165) is 12.3 Å². The topological polar surface area (TPSA) is 45.0 Å². The van der Waals surface area contributed by atoms with Gasteiger partial charge in [-0.05, 0) is 31.5 Å². The number of benzene rings is 1. The molecule has 0 aliphatic carbocycles. The summed E-state index contributed by atoms with van der Waals surface area (Å²) < 4.78 is 5.15. The molecule has 3 heteroatoms.